The van der Waals surface area contributed by atoms with Crippen molar-refractivity contribution in [2.24, 2.45) is 29.4 Å². The van der Waals surface area contributed by atoms with Crippen LogP contribution in [0.25, 0.3) is 22.3 Å². The summed E-state index contributed by atoms with van der Waals surface area (Å²) in [5, 5.41) is 21.2. The van der Waals surface area contributed by atoms with Crippen molar-refractivity contribution in [3.63, 3.8) is 0 Å². The number of aryl methyl sites for hydroxylation is 2. The number of carbonyl (C=O) groups excluding carboxylic acids is 3. The van der Waals surface area contributed by atoms with E-state index in [1.165, 1.54) is 47.9 Å². The minimum absolute atomic E-state index is 0.00283. The van der Waals surface area contributed by atoms with Gasteiger partial charge in [0.1, 0.15) is 18.1 Å². The second-order valence-corrected chi connectivity index (χ2v) is 26.6. The number of aliphatic hydroxyl groups excluding tert-OH is 1. The summed E-state index contributed by atoms with van der Waals surface area (Å²) >= 11 is 0. The summed E-state index contributed by atoms with van der Waals surface area (Å²) in [7, 11) is 3.46. The van der Waals surface area contributed by atoms with Gasteiger partial charge in [-0.15, -0.1) is 0 Å². The van der Waals surface area contributed by atoms with Gasteiger partial charge in [0.2, 0.25) is 17.7 Å². The number of hydrogen-bond acceptors (Lipinski definition) is 10. The Labute approximate surface area is 522 Å². The maximum absolute atomic E-state index is 14.4. The van der Waals surface area contributed by atoms with Gasteiger partial charge in [-0.2, -0.15) is 10.2 Å². The molecule has 4 aromatic carbocycles. The van der Waals surface area contributed by atoms with Gasteiger partial charge >= 0.3 is 0 Å². The highest BCUT2D eigenvalue weighted by Crippen LogP contribution is 2.43. The first-order chi connectivity index (χ1) is 42.9. The molecule has 6 aliphatic carbocycles. The largest absolute Gasteiger partial charge is 0.496 e. The van der Waals surface area contributed by atoms with Crippen LogP contribution in [0.4, 0.5) is 11.4 Å². The molecule has 470 valence electrons. The van der Waals surface area contributed by atoms with E-state index in [1.54, 1.807) is 14.2 Å². The second-order valence-electron chi connectivity index (χ2n) is 26.6. The van der Waals surface area contributed by atoms with E-state index in [-0.39, 0.29) is 54.9 Å². The van der Waals surface area contributed by atoms with Gasteiger partial charge in [0.25, 0.3) is 0 Å². The zero-order valence-corrected chi connectivity index (χ0v) is 52.7. The van der Waals surface area contributed by atoms with Crippen molar-refractivity contribution in [1.29, 1.82) is 0 Å². The number of aliphatic hydroxyl groups is 1. The lowest BCUT2D eigenvalue weighted by Gasteiger charge is -2.36. The molecule has 6 aromatic rings. The molecular formula is C73H96N8O7. The average Bonchev–Trinajstić information content (AvgIpc) is 3.07. The summed E-state index contributed by atoms with van der Waals surface area (Å²) in [4.78, 5) is 45.0. The van der Waals surface area contributed by atoms with Crippen LogP contribution in [-0.4, -0.2) is 102 Å². The summed E-state index contributed by atoms with van der Waals surface area (Å²) in [6, 6.07) is 31.6. The van der Waals surface area contributed by atoms with Crippen molar-refractivity contribution in [3.05, 3.63) is 132 Å². The van der Waals surface area contributed by atoms with E-state index in [2.05, 4.69) is 146 Å². The third-order valence-corrected chi connectivity index (χ3v) is 20.2. The van der Waals surface area contributed by atoms with Crippen LogP contribution in [0, 0.1) is 37.5 Å². The predicted octanol–water partition coefficient (Wildman–Crippen LogP) is 13.6. The number of hydrogen-bond donors (Lipinski definition) is 3. The van der Waals surface area contributed by atoms with Gasteiger partial charge < -0.3 is 40.2 Å². The topological polar surface area (TPSA) is 179 Å². The van der Waals surface area contributed by atoms with Crippen LogP contribution < -0.4 is 30.3 Å². The van der Waals surface area contributed by atoms with Gasteiger partial charge in [-0.25, -0.2) is 0 Å². The molecule has 3 amide bonds. The maximum atomic E-state index is 14.4. The molecule has 0 radical (unpaired) electrons. The first kappa shape index (κ1) is 62.8. The number of nitrogens with one attached hydrogen (secondary N) is 1. The third-order valence-electron chi connectivity index (χ3n) is 20.2. The molecule has 0 unspecified atom stereocenters. The molecule has 0 bridgehead atoms. The Bertz CT molecular complexity index is 3260. The molecule has 0 aliphatic heterocycles. The molecule has 0 spiro atoms. The zero-order chi connectivity index (χ0) is 61.1. The van der Waals surface area contributed by atoms with E-state index < -0.39 is 0 Å². The van der Waals surface area contributed by atoms with Crippen molar-refractivity contribution in [1.82, 2.24) is 24.9 Å². The Morgan fingerprint density at radius 1 is 0.568 bits per heavy atom. The molecule has 0 saturated heterocycles. The van der Waals surface area contributed by atoms with Crippen LogP contribution >= 0.6 is 0 Å². The molecule has 2 heterocycles. The number of nitrogens with zero attached hydrogens (tertiary/aromatic N) is 6. The van der Waals surface area contributed by atoms with E-state index in [0.29, 0.717) is 48.8 Å². The third kappa shape index (κ3) is 16.1. The van der Waals surface area contributed by atoms with Crippen LogP contribution in [0.3, 0.4) is 0 Å². The van der Waals surface area contributed by atoms with Crippen molar-refractivity contribution >= 4 is 29.1 Å². The smallest absolute Gasteiger partial charge is 0.246 e. The molecule has 6 aliphatic rings. The molecule has 15 nitrogen and oxygen atoms in total. The molecule has 12 rings (SSSR count). The molecule has 15 heteroatoms. The molecule has 6 fully saturated rings. The lowest BCUT2D eigenvalue weighted by Crippen LogP contribution is -2.44. The standard InChI is InChI=1S/C39H52N4O5.C34H44N4O2/c1-27-21-32(13-18-37(27)47-2)29-9-7-28(8-10-29)24-42(36-6-3-5-31(22-36)33-23-40-43(25-33)35-16-17-35)39(46)30-11-14-34(15-12-30)41-38(45)26-48-20-4-19-44;1-23-18-28(12-17-33(23)40-2)25-8-6-24(7-9-25)21-37(34(39)26-10-13-30(35)14-11-26)32-5-3-4-27(19-32)29-20-36-38(22-29)31-15-16-31/h3,5-6,13,18,21-23,25,28-30,34-35,44H,4,7-12,14-17,19-20,24,26H2,1-2H3,(H,41,45);3-5,12,17-20,22,24-26,30-31H,6-11,13-16,21,35H2,1-2H3. The van der Waals surface area contributed by atoms with E-state index in [9.17, 15) is 14.4 Å². The summed E-state index contributed by atoms with van der Waals surface area (Å²) in [6.45, 7) is 6.17. The minimum Gasteiger partial charge on any atom is -0.496 e. The molecule has 88 heavy (non-hydrogen) atoms. The zero-order valence-electron chi connectivity index (χ0n) is 52.7. The summed E-state index contributed by atoms with van der Waals surface area (Å²) in [5.74, 6) is 4.30. The van der Waals surface area contributed by atoms with E-state index in [4.69, 9.17) is 25.1 Å². The molecule has 6 saturated carbocycles. The average molecular weight is 1200 g/mol. The van der Waals surface area contributed by atoms with Crippen LogP contribution in [-0.2, 0) is 19.1 Å². The Hall–Kier alpha value is -6.81. The van der Waals surface area contributed by atoms with E-state index >= 15 is 0 Å². The first-order valence-corrected chi connectivity index (χ1v) is 33.3. The second kappa shape index (κ2) is 29.7. The van der Waals surface area contributed by atoms with Crippen molar-refractivity contribution in [3.8, 4) is 33.8 Å². The lowest BCUT2D eigenvalue weighted by atomic mass is 9.78. The highest BCUT2D eigenvalue weighted by molar-refractivity contribution is 5.96. The Balaban J connectivity index is 0.000000185. The Morgan fingerprint density at radius 2 is 1.02 bits per heavy atom. The highest BCUT2D eigenvalue weighted by Gasteiger charge is 2.36. The molecule has 2 aromatic heterocycles. The van der Waals surface area contributed by atoms with Gasteiger partial charge in [-0.3, -0.25) is 23.7 Å². The van der Waals surface area contributed by atoms with E-state index in [1.807, 2.05) is 12.4 Å². The number of rotatable bonds is 22. The number of methoxy groups -OCH3 is 2. The fourth-order valence-electron chi connectivity index (χ4n) is 14.5. The van der Waals surface area contributed by atoms with Crippen LogP contribution in [0.1, 0.15) is 181 Å². The Kier molecular flexibility index (Phi) is 21.2. The van der Waals surface area contributed by atoms with Gasteiger partial charge in [-0.1, -0.05) is 48.5 Å². The maximum Gasteiger partial charge on any atom is 0.246 e. The van der Waals surface area contributed by atoms with E-state index in [0.717, 1.165) is 161 Å². The fraction of sp³-hybridized carbons (Fsp3) is 0.548. The number of anilines is 2. The molecule has 0 atom stereocenters. The van der Waals surface area contributed by atoms with Crippen molar-refractivity contribution in [2.45, 2.75) is 185 Å². The summed E-state index contributed by atoms with van der Waals surface area (Å²) in [6.07, 6.45) is 29.3. The van der Waals surface area contributed by atoms with Gasteiger partial charge in [0, 0.05) is 85.1 Å². The molecule has 4 N–H and O–H groups in total. The SMILES string of the molecule is COc1ccc(C2CCC(CN(C(=O)C3CCC(N)CC3)c3cccc(-c4cnn(C5CC5)c4)c3)CC2)cc1C.COc1ccc(C2CCC(CN(C(=O)C3CCC(NC(=O)COCCCO)CC3)c3cccc(-c4cnn(C5CC5)c4)c3)CC2)cc1C. The number of nitrogens with two attached hydrogens (primary N) is 1. The first-order valence-electron chi connectivity index (χ1n) is 33.3. The normalized spacial score (nSPS) is 23.7. The molecular weight excluding hydrogens is 1100 g/mol. The summed E-state index contributed by atoms with van der Waals surface area (Å²) < 4.78 is 20.5. The number of ether oxygens (including phenoxy) is 3. The minimum atomic E-state index is -0.133. The number of benzene rings is 4. The van der Waals surface area contributed by atoms with Crippen LogP contribution in [0.5, 0.6) is 11.5 Å². The van der Waals surface area contributed by atoms with Gasteiger partial charge in [-0.05, 0) is 242 Å². The predicted molar refractivity (Wildman–Crippen MR) is 348 cm³/mol. The van der Waals surface area contributed by atoms with Crippen LogP contribution in [0.15, 0.2) is 110 Å². The van der Waals surface area contributed by atoms with Crippen molar-refractivity contribution < 1.29 is 33.7 Å². The van der Waals surface area contributed by atoms with Gasteiger partial charge in [0.05, 0.1) is 38.7 Å². The Morgan fingerprint density at radius 3 is 1.44 bits per heavy atom. The van der Waals surface area contributed by atoms with Crippen LogP contribution in [0.2, 0.25) is 0 Å². The fourth-order valence-corrected chi connectivity index (χ4v) is 14.5. The number of aromatic nitrogens is 4. The monoisotopic (exact) mass is 1200 g/mol. The van der Waals surface area contributed by atoms with Crippen molar-refractivity contribution in [2.75, 3.05) is 56.9 Å². The summed E-state index contributed by atoms with van der Waals surface area (Å²) in [5.41, 5.74) is 17.8. The highest BCUT2D eigenvalue weighted by atomic mass is 16.5. The quantitative estimate of drug-likeness (QED) is 0.0554. The number of amides is 3. The lowest BCUT2D eigenvalue weighted by molar-refractivity contribution is -0.127. The van der Waals surface area contributed by atoms with Gasteiger partial charge in [0.15, 0.2) is 0 Å². The number of carbonyl (C=O) groups is 3.